The number of amides is 2. The third kappa shape index (κ3) is 4.24. The zero-order valence-corrected chi connectivity index (χ0v) is 14.9. The van der Waals surface area contributed by atoms with E-state index in [0.29, 0.717) is 25.3 Å². The summed E-state index contributed by atoms with van der Waals surface area (Å²) in [6.07, 6.45) is -0.227. The molecule has 0 saturated carbocycles. The van der Waals surface area contributed by atoms with Crippen LogP contribution in [0.25, 0.3) is 0 Å². The van der Waals surface area contributed by atoms with Crippen molar-refractivity contribution in [3.8, 4) is 6.07 Å². The number of carbonyl (C=O) groups excluding carboxylic acids is 1. The van der Waals surface area contributed by atoms with Crippen molar-refractivity contribution >= 4 is 23.6 Å². The summed E-state index contributed by atoms with van der Waals surface area (Å²) in [5.74, 6) is -0.453. The molecule has 1 saturated heterocycles. The van der Waals surface area contributed by atoms with Crippen LogP contribution in [0.2, 0.25) is 5.02 Å². The van der Waals surface area contributed by atoms with E-state index in [0.717, 1.165) is 6.42 Å². The molecule has 3 N–H and O–H groups in total. The minimum atomic E-state index is -1.01. The van der Waals surface area contributed by atoms with Gasteiger partial charge in [0.25, 0.3) is 5.91 Å². The number of piperidine rings is 1. The number of ether oxygens (including phenoxy) is 1. The van der Waals surface area contributed by atoms with E-state index in [1.807, 2.05) is 13.0 Å². The Morgan fingerprint density at radius 3 is 2.88 bits per heavy atom. The molecule has 1 aromatic heterocycles. The van der Waals surface area contributed by atoms with E-state index in [-0.39, 0.29) is 28.9 Å². The van der Waals surface area contributed by atoms with E-state index in [1.54, 1.807) is 6.92 Å². The number of rotatable bonds is 5. The van der Waals surface area contributed by atoms with E-state index in [9.17, 15) is 14.9 Å². The highest BCUT2D eigenvalue weighted by Gasteiger charge is 2.34. The van der Waals surface area contributed by atoms with Crippen LogP contribution >= 0.6 is 11.6 Å². The summed E-state index contributed by atoms with van der Waals surface area (Å²) in [4.78, 5) is 27.8. The molecule has 1 fully saturated rings. The van der Waals surface area contributed by atoms with Gasteiger partial charge in [-0.15, -0.1) is 0 Å². The highest BCUT2D eigenvalue weighted by atomic mass is 35.5. The number of hydrogen-bond donors (Lipinski definition) is 3. The van der Waals surface area contributed by atoms with Gasteiger partial charge in [0, 0.05) is 18.8 Å². The number of carboxylic acid groups (broad SMARTS) is 1. The van der Waals surface area contributed by atoms with Gasteiger partial charge in [-0.05, 0) is 19.8 Å². The second-order valence-corrected chi connectivity index (χ2v) is 6.31. The molecule has 0 radical (unpaired) electrons. The SMILES string of the molecule is CCCO[C@@H]1CN(C(=O)O)CC[C@@H]1NC(=O)c1[nH]c(C)c(Cl)c1C#N. The van der Waals surface area contributed by atoms with Gasteiger partial charge in [-0.2, -0.15) is 5.26 Å². The van der Waals surface area contributed by atoms with Crippen molar-refractivity contribution in [2.24, 2.45) is 0 Å². The topological polar surface area (TPSA) is 118 Å². The van der Waals surface area contributed by atoms with Crippen molar-refractivity contribution in [2.45, 2.75) is 38.8 Å². The summed E-state index contributed by atoms with van der Waals surface area (Å²) in [6.45, 7) is 4.60. The monoisotopic (exact) mass is 368 g/mol. The molecule has 0 aromatic carbocycles. The third-order valence-electron chi connectivity index (χ3n) is 4.13. The number of hydrogen-bond acceptors (Lipinski definition) is 4. The fraction of sp³-hybridized carbons (Fsp3) is 0.562. The Balaban J connectivity index is 2.14. The lowest BCUT2D eigenvalue weighted by Crippen LogP contribution is -2.56. The number of aryl methyl sites for hydroxylation is 1. The average molecular weight is 369 g/mol. The van der Waals surface area contributed by atoms with Gasteiger partial charge in [0.05, 0.1) is 23.7 Å². The first-order valence-electron chi connectivity index (χ1n) is 8.07. The number of likely N-dealkylation sites (tertiary alicyclic amines) is 1. The number of aromatic amines is 1. The third-order valence-corrected chi connectivity index (χ3v) is 4.60. The number of carbonyl (C=O) groups is 2. The van der Waals surface area contributed by atoms with E-state index in [2.05, 4.69) is 10.3 Å². The van der Waals surface area contributed by atoms with Crippen molar-refractivity contribution in [3.05, 3.63) is 22.0 Å². The lowest BCUT2D eigenvalue weighted by atomic mass is 10.0. The van der Waals surface area contributed by atoms with Crippen LogP contribution in [0, 0.1) is 18.3 Å². The standard InChI is InChI=1S/C16H21ClN4O4/c1-3-6-25-12-8-21(16(23)24)5-4-11(12)20-15(22)14-10(7-18)13(17)9(2)19-14/h11-12,19H,3-6,8H2,1-2H3,(H,20,22)(H,23,24)/t11-,12+/m0/s1. The molecule has 8 nitrogen and oxygen atoms in total. The van der Waals surface area contributed by atoms with Gasteiger partial charge < -0.3 is 25.0 Å². The van der Waals surface area contributed by atoms with Gasteiger partial charge in [-0.3, -0.25) is 4.79 Å². The van der Waals surface area contributed by atoms with Crippen molar-refractivity contribution in [1.82, 2.24) is 15.2 Å². The molecule has 1 aromatic rings. The van der Waals surface area contributed by atoms with Crippen LogP contribution in [0.3, 0.4) is 0 Å². The Morgan fingerprint density at radius 2 is 2.28 bits per heavy atom. The van der Waals surface area contributed by atoms with Crippen molar-refractivity contribution < 1.29 is 19.4 Å². The minimum absolute atomic E-state index is 0.102. The molecule has 9 heteroatoms. The zero-order chi connectivity index (χ0) is 18.6. The summed E-state index contributed by atoms with van der Waals surface area (Å²) < 4.78 is 5.73. The van der Waals surface area contributed by atoms with Gasteiger partial charge in [-0.25, -0.2) is 4.79 Å². The molecule has 136 valence electrons. The largest absolute Gasteiger partial charge is 0.465 e. The Labute approximate surface area is 150 Å². The van der Waals surface area contributed by atoms with Crippen LogP contribution in [0.5, 0.6) is 0 Å². The Kier molecular flexibility index (Phi) is 6.28. The van der Waals surface area contributed by atoms with Crippen LogP contribution < -0.4 is 5.32 Å². The highest BCUT2D eigenvalue weighted by Crippen LogP contribution is 2.24. The van der Waals surface area contributed by atoms with Gasteiger partial charge in [-0.1, -0.05) is 18.5 Å². The predicted octanol–water partition coefficient (Wildman–Crippen LogP) is 2.13. The molecule has 0 bridgehead atoms. The van der Waals surface area contributed by atoms with Crippen LogP contribution in [-0.4, -0.2) is 58.8 Å². The van der Waals surface area contributed by atoms with Crippen LogP contribution in [0.4, 0.5) is 4.79 Å². The first-order valence-corrected chi connectivity index (χ1v) is 8.45. The minimum Gasteiger partial charge on any atom is -0.465 e. The number of halogens is 1. The number of aromatic nitrogens is 1. The normalized spacial score (nSPS) is 20.2. The molecule has 2 heterocycles. The fourth-order valence-corrected chi connectivity index (χ4v) is 3.00. The summed E-state index contributed by atoms with van der Waals surface area (Å²) in [5, 5.41) is 21.4. The molecule has 2 amide bonds. The highest BCUT2D eigenvalue weighted by molar-refractivity contribution is 6.33. The Morgan fingerprint density at radius 1 is 1.56 bits per heavy atom. The maximum absolute atomic E-state index is 12.6. The second kappa shape index (κ2) is 8.23. The van der Waals surface area contributed by atoms with Gasteiger partial charge in [0.15, 0.2) is 0 Å². The zero-order valence-electron chi connectivity index (χ0n) is 14.1. The fourth-order valence-electron chi connectivity index (χ4n) is 2.81. The van der Waals surface area contributed by atoms with Crippen LogP contribution in [0.1, 0.15) is 41.5 Å². The molecule has 1 aliphatic rings. The first kappa shape index (κ1) is 19.1. The smallest absolute Gasteiger partial charge is 0.407 e. The van der Waals surface area contributed by atoms with Crippen molar-refractivity contribution in [3.63, 3.8) is 0 Å². The summed E-state index contributed by atoms with van der Waals surface area (Å²) in [5.41, 5.74) is 0.758. The molecule has 1 aliphatic heterocycles. The first-order chi connectivity index (χ1) is 11.9. The molecule has 2 atom stereocenters. The van der Waals surface area contributed by atoms with E-state index < -0.39 is 18.1 Å². The van der Waals surface area contributed by atoms with Gasteiger partial charge in [0.1, 0.15) is 17.3 Å². The summed E-state index contributed by atoms with van der Waals surface area (Å²) in [6, 6.07) is 1.59. The second-order valence-electron chi connectivity index (χ2n) is 5.93. The molecular weight excluding hydrogens is 348 g/mol. The number of nitrogens with one attached hydrogen (secondary N) is 2. The number of H-pyrrole nitrogens is 1. The summed E-state index contributed by atoms with van der Waals surface area (Å²) in [7, 11) is 0. The molecule has 0 spiro atoms. The van der Waals surface area contributed by atoms with Crippen molar-refractivity contribution in [1.29, 1.82) is 5.26 Å². The lowest BCUT2D eigenvalue weighted by molar-refractivity contribution is -0.0162. The van der Waals surface area contributed by atoms with Crippen LogP contribution in [-0.2, 0) is 4.74 Å². The Bertz CT molecular complexity index is 697. The van der Waals surface area contributed by atoms with Gasteiger partial charge >= 0.3 is 6.09 Å². The lowest BCUT2D eigenvalue weighted by Gasteiger charge is -2.37. The van der Waals surface area contributed by atoms with Gasteiger partial charge in [0.2, 0.25) is 0 Å². The quantitative estimate of drug-likeness (QED) is 0.735. The molecule has 0 unspecified atom stereocenters. The predicted molar refractivity (Wildman–Crippen MR) is 90.8 cm³/mol. The maximum Gasteiger partial charge on any atom is 0.407 e. The van der Waals surface area contributed by atoms with E-state index in [1.165, 1.54) is 4.90 Å². The van der Waals surface area contributed by atoms with E-state index in [4.69, 9.17) is 21.4 Å². The summed E-state index contributed by atoms with van der Waals surface area (Å²) >= 11 is 6.02. The average Bonchev–Trinajstić information content (AvgIpc) is 2.88. The number of nitrogens with zero attached hydrogens (tertiary/aromatic N) is 2. The van der Waals surface area contributed by atoms with Crippen molar-refractivity contribution in [2.75, 3.05) is 19.7 Å². The molecule has 2 rings (SSSR count). The molecule has 0 aliphatic carbocycles. The van der Waals surface area contributed by atoms with Crippen LogP contribution in [0.15, 0.2) is 0 Å². The number of nitriles is 1. The molecular formula is C16H21ClN4O4. The van der Waals surface area contributed by atoms with E-state index >= 15 is 0 Å². The molecule has 25 heavy (non-hydrogen) atoms. The maximum atomic E-state index is 12.6. The Hall–Kier alpha value is -2.24.